The highest BCUT2D eigenvalue weighted by Gasteiger charge is 2.51. The van der Waals surface area contributed by atoms with E-state index in [1.54, 1.807) is 7.11 Å². The third-order valence-corrected chi connectivity index (χ3v) is 4.16. The summed E-state index contributed by atoms with van der Waals surface area (Å²) in [6.07, 6.45) is 2.24. The molecule has 2 nitrogen and oxygen atoms in total. The summed E-state index contributed by atoms with van der Waals surface area (Å²) in [5.74, 6) is 0.954. The molecule has 0 aromatic heterocycles. The van der Waals surface area contributed by atoms with Gasteiger partial charge in [0.25, 0.3) is 0 Å². The zero-order valence-electron chi connectivity index (χ0n) is 10.6. The van der Waals surface area contributed by atoms with Gasteiger partial charge in [0, 0.05) is 11.0 Å². The van der Waals surface area contributed by atoms with Crippen LogP contribution in [0.2, 0.25) is 0 Å². The lowest BCUT2D eigenvalue weighted by Crippen LogP contribution is -2.43. The van der Waals surface area contributed by atoms with E-state index >= 15 is 0 Å². The van der Waals surface area contributed by atoms with Crippen LogP contribution in [0.1, 0.15) is 37.8 Å². The summed E-state index contributed by atoms with van der Waals surface area (Å²) in [5, 5.41) is 0. The molecule has 1 saturated carbocycles. The summed E-state index contributed by atoms with van der Waals surface area (Å²) in [4.78, 5) is 0. The normalized spacial score (nSPS) is 18.3. The molecule has 2 heteroatoms. The summed E-state index contributed by atoms with van der Waals surface area (Å²) >= 11 is 0. The highest BCUT2D eigenvalue weighted by Crippen LogP contribution is 2.49. The second kappa shape index (κ2) is 3.49. The van der Waals surface area contributed by atoms with Crippen LogP contribution in [0.5, 0.6) is 5.75 Å². The van der Waals surface area contributed by atoms with Crippen molar-refractivity contribution < 1.29 is 4.74 Å². The van der Waals surface area contributed by atoms with Crippen LogP contribution < -0.4 is 10.5 Å². The highest BCUT2D eigenvalue weighted by atomic mass is 16.5. The Morgan fingerprint density at radius 3 is 2.44 bits per heavy atom. The van der Waals surface area contributed by atoms with E-state index in [2.05, 4.69) is 39.0 Å². The highest BCUT2D eigenvalue weighted by molar-refractivity contribution is 5.42. The average Bonchev–Trinajstić information content (AvgIpc) is 2.98. The quantitative estimate of drug-likeness (QED) is 0.848. The summed E-state index contributed by atoms with van der Waals surface area (Å²) in [6.45, 7) is 6.51. The standard InChI is InChI=1S/C14H21NO/c1-10-5-6-11(9-12(10)16-4)13(2,3)14(15)7-8-14/h5-6,9H,7-8,15H2,1-4H3. The molecule has 0 heterocycles. The number of hydrogen-bond donors (Lipinski definition) is 1. The average molecular weight is 219 g/mol. The largest absolute Gasteiger partial charge is 0.496 e. The molecule has 1 aliphatic carbocycles. The molecule has 1 aromatic carbocycles. The predicted octanol–water partition coefficient (Wildman–Crippen LogP) is 2.77. The zero-order valence-corrected chi connectivity index (χ0v) is 10.6. The van der Waals surface area contributed by atoms with Crippen LogP contribution in [0.15, 0.2) is 18.2 Å². The van der Waals surface area contributed by atoms with E-state index in [0.29, 0.717) is 0 Å². The van der Waals surface area contributed by atoms with Crippen molar-refractivity contribution in [2.45, 2.75) is 44.6 Å². The summed E-state index contributed by atoms with van der Waals surface area (Å²) in [5.41, 5.74) is 8.79. The second-order valence-corrected chi connectivity index (χ2v) is 5.47. The van der Waals surface area contributed by atoms with Gasteiger partial charge in [-0.15, -0.1) is 0 Å². The van der Waals surface area contributed by atoms with Crippen LogP contribution >= 0.6 is 0 Å². The van der Waals surface area contributed by atoms with Crippen molar-refractivity contribution in [3.05, 3.63) is 29.3 Å². The third kappa shape index (κ3) is 1.61. The van der Waals surface area contributed by atoms with Gasteiger partial charge in [-0.05, 0) is 37.0 Å². The molecule has 1 aliphatic rings. The Labute approximate surface area is 97.8 Å². The number of ether oxygens (including phenoxy) is 1. The van der Waals surface area contributed by atoms with E-state index in [9.17, 15) is 0 Å². The fourth-order valence-corrected chi connectivity index (χ4v) is 2.26. The number of benzene rings is 1. The van der Waals surface area contributed by atoms with Crippen molar-refractivity contribution in [1.82, 2.24) is 0 Å². The van der Waals surface area contributed by atoms with E-state index in [-0.39, 0.29) is 11.0 Å². The molecule has 0 unspecified atom stereocenters. The third-order valence-electron chi connectivity index (χ3n) is 4.16. The number of rotatable bonds is 3. The first-order valence-electron chi connectivity index (χ1n) is 5.85. The van der Waals surface area contributed by atoms with Gasteiger partial charge in [-0.25, -0.2) is 0 Å². The van der Waals surface area contributed by atoms with Gasteiger partial charge in [0.05, 0.1) is 7.11 Å². The van der Waals surface area contributed by atoms with Crippen LogP contribution in [0.25, 0.3) is 0 Å². The van der Waals surface area contributed by atoms with E-state index in [0.717, 1.165) is 18.6 Å². The molecule has 1 aromatic rings. The molecule has 16 heavy (non-hydrogen) atoms. The maximum atomic E-state index is 6.35. The molecular weight excluding hydrogens is 198 g/mol. The van der Waals surface area contributed by atoms with Gasteiger partial charge < -0.3 is 10.5 Å². The topological polar surface area (TPSA) is 35.2 Å². The van der Waals surface area contributed by atoms with Crippen molar-refractivity contribution in [3.8, 4) is 5.75 Å². The lowest BCUT2D eigenvalue weighted by molar-refractivity contribution is 0.382. The van der Waals surface area contributed by atoms with Gasteiger partial charge >= 0.3 is 0 Å². The fraction of sp³-hybridized carbons (Fsp3) is 0.571. The Morgan fingerprint density at radius 2 is 1.94 bits per heavy atom. The van der Waals surface area contributed by atoms with Crippen LogP contribution in [0.3, 0.4) is 0 Å². The molecule has 2 N–H and O–H groups in total. The molecule has 1 fully saturated rings. The number of methoxy groups -OCH3 is 1. The predicted molar refractivity (Wildman–Crippen MR) is 66.9 cm³/mol. The monoisotopic (exact) mass is 219 g/mol. The number of aryl methyl sites for hydroxylation is 1. The fourth-order valence-electron chi connectivity index (χ4n) is 2.26. The summed E-state index contributed by atoms with van der Waals surface area (Å²) < 4.78 is 5.37. The number of hydrogen-bond acceptors (Lipinski definition) is 2. The SMILES string of the molecule is COc1cc(C(C)(C)C2(N)CC2)ccc1C. The van der Waals surface area contributed by atoms with Gasteiger partial charge in [0.15, 0.2) is 0 Å². The van der Waals surface area contributed by atoms with Crippen molar-refractivity contribution >= 4 is 0 Å². The van der Waals surface area contributed by atoms with Crippen LogP contribution in [0.4, 0.5) is 0 Å². The smallest absolute Gasteiger partial charge is 0.122 e. The van der Waals surface area contributed by atoms with Crippen molar-refractivity contribution in [2.75, 3.05) is 7.11 Å². The molecule has 0 bridgehead atoms. The van der Waals surface area contributed by atoms with Gasteiger partial charge in [0.2, 0.25) is 0 Å². The van der Waals surface area contributed by atoms with Crippen LogP contribution in [-0.4, -0.2) is 12.6 Å². The van der Waals surface area contributed by atoms with E-state index < -0.39 is 0 Å². The lowest BCUT2D eigenvalue weighted by Gasteiger charge is -2.33. The molecule has 0 radical (unpaired) electrons. The number of nitrogens with two attached hydrogens (primary N) is 1. The van der Waals surface area contributed by atoms with E-state index in [4.69, 9.17) is 10.5 Å². The minimum atomic E-state index is -0.0206. The summed E-state index contributed by atoms with van der Waals surface area (Å²) in [6, 6.07) is 6.41. The first kappa shape index (κ1) is 11.5. The Bertz CT molecular complexity index is 405. The van der Waals surface area contributed by atoms with Crippen molar-refractivity contribution in [2.24, 2.45) is 5.73 Å². The zero-order chi connectivity index (χ0) is 12.0. The van der Waals surface area contributed by atoms with Crippen LogP contribution in [0, 0.1) is 6.92 Å². The molecule has 0 saturated heterocycles. The molecule has 0 atom stereocenters. The Balaban J connectivity index is 2.40. The Kier molecular flexibility index (Phi) is 2.50. The lowest BCUT2D eigenvalue weighted by atomic mass is 9.76. The molecule has 0 amide bonds. The maximum Gasteiger partial charge on any atom is 0.122 e. The van der Waals surface area contributed by atoms with Crippen LogP contribution in [-0.2, 0) is 5.41 Å². The minimum Gasteiger partial charge on any atom is -0.496 e. The first-order valence-corrected chi connectivity index (χ1v) is 5.85. The molecular formula is C14H21NO. The first-order chi connectivity index (χ1) is 7.40. The molecule has 88 valence electrons. The van der Waals surface area contributed by atoms with Crippen molar-refractivity contribution in [1.29, 1.82) is 0 Å². The minimum absolute atomic E-state index is 0.0206. The summed E-state index contributed by atoms with van der Waals surface area (Å²) in [7, 11) is 1.72. The van der Waals surface area contributed by atoms with Gasteiger partial charge in [-0.2, -0.15) is 0 Å². The van der Waals surface area contributed by atoms with Gasteiger partial charge in [-0.1, -0.05) is 26.0 Å². The van der Waals surface area contributed by atoms with E-state index in [1.165, 1.54) is 11.1 Å². The molecule has 0 spiro atoms. The molecule has 0 aliphatic heterocycles. The van der Waals surface area contributed by atoms with Gasteiger partial charge in [-0.3, -0.25) is 0 Å². The Hall–Kier alpha value is -1.02. The second-order valence-electron chi connectivity index (χ2n) is 5.47. The van der Waals surface area contributed by atoms with E-state index in [1.807, 2.05) is 0 Å². The van der Waals surface area contributed by atoms with Crippen molar-refractivity contribution in [3.63, 3.8) is 0 Å². The molecule has 2 rings (SSSR count). The Morgan fingerprint density at radius 1 is 1.31 bits per heavy atom. The van der Waals surface area contributed by atoms with Gasteiger partial charge in [0.1, 0.15) is 5.75 Å². The maximum absolute atomic E-state index is 6.35.